The molecule has 0 aliphatic carbocycles. The van der Waals surface area contributed by atoms with Crippen LogP contribution >= 0.6 is 23.2 Å². The van der Waals surface area contributed by atoms with Gasteiger partial charge in [0.05, 0.1) is 5.69 Å². The number of aromatic nitrogens is 2. The van der Waals surface area contributed by atoms with Gasteiger partial charge in [0.2, 0.25) is 5.43 Å². The number of hydrogen-bond acceptors (Lipinski definition) is 3. The Kier molecular flexibility index (Phi) is 4.64. The molecule has 0 spiro atoms. The maximum absolute atomic E-state index is 12.3. The van der Waals surface area contributed by atoms with E-state index in [0.29, 0.717) is 21.4 Å². The fraction of sp³-hybridized carbons (Fsp3) is 0. The van der Waals surface area contributed by atoms with Crippen LogP contribution in [0.4, 0.5) is 5.69 Å². The molecular weight excluding hydrogens is 349 g/mol. The van der Waals surface area contributed by atoms with Crippen molar-refractivity contribution in [1.29, 1.82) is 0 Å². The number of carbonyl (C=O) groups excluding carboxylic acids is 1. The van der Waals surface area contributed by atoms with E-state index in [1.807, 2.05) is 0 Å². The highest BCUT2D eigenvalue weighted by atomic mass is 35.5. The van der Waals surface area contributed by atoms with Crippen molar-refractivity contribution in [3.05, 3.63) is 86.8 Å². The summed E-state index contributed by atoms with van der Waals surface area (Å²) in [6, 6.07) is 14.8. The fourth-order valence-electron chi connectivity index (χ4n) is 2.06. The Labute approximate surface area is 147 Å². The van der Waals surface area contributed by atoms with Crippen LogP contribution in [0.1, 0.15) is 10.5 Å². The Balaban J connectivity index is 1.92. The molecule has 1 aromatic heterocycles. The van der Waals surface area contributed by atoms with E-state index in [4.69, 9.17) is 23.2 Å². The highest BCUT2D eigenvalue weighted by Gasteiger charge is 2.14. The minimum Gasteiger partial charge on any atom is -0.320 e. The summed E-state index contributed by atoms with van der Waals surface area (Å²) in [7, 11) is 0. The average molecular weight is 360 g/mol. The summed E-state index contributed by atoms with van der Waals surface area (Å²) >= 11 is 11.7. The number of hydrogen-bond donors (Lipinski definition) is 1. The Morgan fingerprint density at radius 3 is 2.46 bits per heavy atom. The summed E-state index contributed by atoms with van der Waals surface area (Å²) in [5.41, 5.74) is 0.471. The van der Waals surface area contributed by atoms with Gasteiger partial charge in [0, 0.05) is 28.0 Å². The van der Waals surface area contributed by atoms with Crippen LogP contribution in [-0.2, 0) is 0 Å². The summed E-state index contributed by atoms with van der Waals surface area (Å²) in [4.78, 5) is 24.3. The summed E-state index contributed by atoms with van der Waals surface area (Å²) in [5.74, 6) is -0.606. The fourth-order valence-corrected chi connectivity index (χ4v) is 2.38. The molecule has 3 rings (SSSR count). The number of rotatable bonds is 3. The van der Waals surface area contributed by atoms with Crippen LogP contribution in [0.15, 0.2) is 65.6 Å². The van der Waals surface area contributed by atoms with Crippen molar-refractivity contribution in [3.8, 4) is 5.69 Å². The molecule has 0 radical (unpaired) electrons. The van der Waals surface area contributed by atoms with Crippen molar-refractivity contribution in [2.45, 2.75) is 0 Å². The van der Waals surface area contributed by atoms with Gasteiger partial charge in [0.15, 0.2) is 5.69 Å². The molecule has 7 heteroatoms. The molecule has 0 saturated heterocycles. The average Bonchev–Trinajstić information content (AvgIpc) is 2.56. The smallest absolute Gasteiger partial charge is 0.280 e. The third-order valence-corrected chi connectivity index (χ3v) is 3.68. The molecule has 0 unspecified atom stereocenters. The Bertz CT molecular complexity index is 953. The van der Waals surface area contributed by atoms with E-state index in [2.05, 4.69) is 10.4 Å². The lowest BCUT2D eigenvalue weighted by Crippen LogP contribution is -2.25. The van der Waals surface area contributed by atoms with Crippen molar-refractivity contribution < 1.29 is 4.79 Å². The topological polar surface area (TPSA) is 64.0 Å². The molecule has 24 heavy (non-hydrogen) atoms. The van der Waals surface area contributed by atoms with Gasteiger partial charge in [-0.2, -0.15) is 5.10 Å². The van der Waals surface area contributed by atoms with Crippen LogP contribution in [-0.4, -0.2) is 15.7 Å². The zero-order valence-electron chi connectivity index (χ0n) is 12.2. The van der Waals surface area contributed by atoms with Gasteiger partial charge in [0.1, 0.15) is 0 Å². The first-order valence-corrected chi connectivity index (χ1v) is 7.71. The molecule has 1 heterocycles. The molecule has 0 saturated carbocycles. The first-order valence-electron chi connectivity index (χ1n) is 6.96. The number of anilines is 1. The van der Waals surface area contributed by atoms with Crippen LogP contribution < -0.4 is 10.7 Å². The standard InChI is InChI=1S/C17H11Cl2N3O2/c18-11-4-6-14(7-5-11)22-9-8-15(23)16(21-22)17(24)20-13-3-1-2-12(19)10-13/h1-10H,(H,20,24). The second-order valence-corrected chi connectivity index (χ2v) is 5.79. The van der Waals surface area contributed by atoms with Gasteiger partial charge in [-0.25, -0.2) is 4.68 Å². The van der Waals surface area contributed by atoms with Crippen LogP contribution in [0.25, 0.3) is 5.69 Å². The van der Waals surface area contributed by atoms with Gasteiger partial charge < -0.3 is 5.32 Å². The molecule has 0 fully saturated rings. The zero-order chi connectivity index (χ0) is 17.1. The third-order valence-electron chi connectivity index (χ3n) is 3.20. The van der Waals surface area contributed by atoms with Gasteiger partial charge in [0.25, 0.3) is 5.91 Å². The molecule has 1 N–H and O–H groups in total. The van der Waals surface area contributed by atoms with Crippen LogP contribution in [0.3, 0.4) is 0 Å². The van der Waals surface area contributed by atoms with Gasteiger partial charge in [-0.3, -0.25) is 9.59 Å². The quantitative estimate of drug-likeness (QED) is 0.773. The normalized spacial score (nSPS) is 10.4. The Hall–Kier alpha value is -2.63. The lowest BCUT2D eigenvalue weighted by atomic mass is 10.3. The van der Waals surface area contributed by atoms with Crippen molar-refractivity contribution in [1.82, 2.24) is 9.78 Å². The highest BCUT2D eigenvalue weighted by Crippen LogP contribution is 2.15. The Morgan fingerprint density at radius 2 is 1.75 bits per heavy atom. The number of carbonyl (C=O) groups is 1. The summed E-state index contributed by atoms with van der Waals surface area (Å²) in [6.07, 6.45) is 1.49. The number of halogens is 2. The van der Waals surface area contributed by atoms with Crippen molar-refractivity contribution in [2.24, 2.45) is 0 Å². The number of benzene rings is 2. The minimum absolute atomic E-state index is 0.215. The van der Waals surface area contributed by atoms with Crippen molar-refractivity contribution >= 4 is 34.8 Å². The van der Waals surface area contributed by atoms with E-state index in [-0.39, 0.29) is 5.69 Å². The zero-order valence-corrected chi connectivity index (χ0v) is 13.8. The van der Waals surface area contributed by atoms with Gasteiger partial charge in [-0.05, 0) is 42.5 Å². The lowest BCUT2D eigenvalue weighted by molar-refractivity contribution is 0.101. The predicted molar refractivity (Wildman–Crippen MR) is 94.2 cm³/mol. The lowest BCUT2D eigenvalue weighted by Gasteiger charge is -2.08. The molecule has 0 aliphatic rings. The summed E-state index contributed by atoms with van der Waals surface area (Å²) < 4.78 is 1.44. The molecule has 1 amide bonds. The van der Waals surface area contributed by atoms with Crippen LogP contribution in [0.5, 0.6) is 0 Å². The van der Waals surface area contributed by atoms with E-state index in [0.717, 1.165) is 0 Å². The van der Waals surface area contributed by atoms with E-state index in [1.54, 1.807) is 48.5 Å². The van der Waals surface area contributed by atoms with Gasteiger partial charge in [-0.1, -0.05) is 29.3 Å². The van der Waals surface area contributed by atoms with Gasteiger partial charge >= 0.3 is 0 Å². The molecule has 2 aromatic carbocycles. The first kappa shape index (κ1) is 16.2. The molecule has 0 bridgehead atoms. The molecule has 120 valence electrons. The van der Waals surface area contributed by atoms with Crippen molar-refractivity contribution in [2.75, 3.05) is 5.32 Å². The monoisotopic (exact) mass is 359 g/mol. The largest absolute Gasteiger partial charge is 0.320 e. The third kappa shape index (κ3) is 3.64. The maximum Gasteiger partial charge on any atom is 0.280 e. The summed E-state index contributed by atoms with van der Waals surface area (Å²) in [5, 5.41) is 7.78. The van der Waals surface area contributed by atoms with Crippen LogP contribution in [0.2, 0.25) is 10.0 Å². The van der Waals surface area contributed by atoms with Gasteiger partial charge in [-0.15, -0.1) is 0 Å². The second kappa shape index (κ2) is 6.86. The number of amides is 1. The molecule has 0 aliphatic heterocycles. The summed E-state index contributed by atoms with van der Waals surface area (Å²) in [6.45, 7) is 0. The number of nitrogens with zero attached hydrogens (tertiary/aromatic N) is 2. The molecular formula is C17H11Cl2N3O2. The number of nitrogens with one attached hydrogen (secondary N) is 1. The van der Waals surface area contributed by atoms with E-state index in [1.165, 1.54) is 16.9 Å². The second-order valence-electron chi connectivity index (χ2n) is 4.91. The minimum atomic E-state index is -0.606. The van der Waals surface area contributed by atoms with E-state index < -0.39 is 11.3 Å². The Morgan fingerprint density at radius 1 is 1.00 bits per heavy atom. The van der Waals surface area contributed by atoms with Crippen LogP contribution in [0, 0.1) is 0 Å². The maximum atomic E-state index is 12.3. The van der Waals surface area contributed by atoms with E-state index in [9.17, 15) is 9.59 Å². The first-order chi connectivity index (χ1) is 11.5. The van der Waals surface area contributed by atoms with Crippen molar-refractivity contribution in [3.63, 3.8) is 0 Å². The molecule has 3 aromatic rings. The molecule has 5 nitrogen and oxygen atoms in total. The molecule has 0 atom stereocenters. The SMILES string of the molecule is O=C(Nc1cccc(Cl)c1)c1nn(-c2ccc(Cl)cc2)ccc1=O. The van der Waals surface area contributed by atoms with E-state index >= 15 is 0 Å². The highest BCUT2D eigenvalue weighted by molar-refractivity contribution is 6.31. The predicted octanol–water partition coefficient (Wildman–Crippen LogP) is 3.79.